The standard InChI is InChI=1S/C25H28N4O4/c1-16(2)32-23-9-6-17(14-18(23)15-26)25-27-24(28-33-25)21-5-3-4-20-19(21)7-8-22(20)29(10-12-30)11-13-31/h3-6,9,14,16,22,30-31H,7-8,10-13H2,1-2H3/t22-/m1/s1. The van der Waals surface area contributed by atoms with Crippen LogP contribution in [0.25, 0.3) is 22.8 Å². The Morgan fingerprint density at radius 3 is 2.70 bits per heavy atom. The van der Waals surface area contributed by atoms with Crippen LogP contribution >= 0.6 is 0 Å². The Balaban J connectivity index is 1.64. The Morgan fingerprint density at radius 2 is 2.00 bits per heavy atom. The minimum atomic E-state index is -0.0346. The normalized spacial score (nSPS) is 15.1. The van der Waals surface area contributed by atoms with E-state index in [0.717, 1.165) is 24.0 Å². The SMILES string of the molecule is CC(C)Oc1ccc(-c2nc(-c3cccc4c3CC[C@H]4N(CCO)CCO)no2)cc1C#N. The maximum atomic E-state index is 9.51. The summed E-state index contributed by atoms with van der Waals surface area (Å²) in [6, 6.07) is 13.6. The molecule has 33 heavy (non-hydrogen) atoms. The highest BCUT2D eigenvalue weighted by molar-refractivity contribution is 5.67. The Labute approximate surface area is 193 Å². The van der Waals surface area contributed by atoms with Gasteiger partial charge in [0.25, 0.3) is 5.89 Å². The van der Waals surface area contributed by atoms with Gasteiger partial charge in [-0.2, -0.15) is 10.2 Å². The predicted molar refractivity (Wildman–Crippen MR) is 122 cm³/mol. The molecule has 0 fully saturated rings. The number of nitriles is 1. The van der Waals surface area contributed by atoms with E-state index in [1.807, 2.05) is 32.0 Å². The van der Waals surface area contributed by atoms with Crippen molar-refractivity contribution in [1.29, 1.82) is 5.26 Å². The highest BCUT2D eigenvalue weighted by Gasteiger charge is 2.30. The molecule has 8 nitrogen and oxygen atoms in total. The van der Waals surface area contributed by atoms with Crippen molar-refractivity contribution in [2.45, 2.75) is 38.8 Å². The van der Waals surface area contributed by atoms with Crippen molar-refractivity contribution in [2.24, 2.45) is 0 Å². The summed E-state index contributed by atoms with van der Waals surface area (Å²) in [5.74, 6) is 1.37. The lowest BCUT2D eigenvalue weighted by Gasteiger charge is -2.28. The first-order valence-electron chi connectivity index (χ1n) is 11.2. The van der Waals surface area contributed by atoms with Crippen LogP contribution < -0.4 is 4.74 Å². The summed E-state index contributed by atoms with van der Waals surface area (Å²) in [4.78, 5) is 6.73. The summed E-state index contributed by atoms with van der Waals surface area (Å²) >= 11 is 0. The second-order valence-electron chi connectivity index (χ2n) is 8.32. The van der Waals surface area contributed by atoms with Gasteiger partial charge >= 0.3 is 0 Å². The van der Waals surface area contributed by atoms with Gasteiger partial charge in [-0.05, 0) is 56.0 Å². The van der Waals surface area contributed by atoms with Gasteiger partial charge in [0.2, 0.25) is 5.82 Å². The van der Waals surface area contributed by atoms with Crippen LogP contribution in [0.2, 0.25) is 0 Å². The number of aromatic nitrogens is 2. The molecule has 0 bridgehead atoms. The van der Waals surface area contributed by atoms with Gasteiger partial charge in [0.05, 0.1) is 24.9 Å². The largest absolute Gasteiger partial charge is 0.490 e. The highest BCUT2D eigenvalue weighted by atomic mass is 16.5. The fraction of sp³-hybridized carbons (Fsp3) is 0.400. The smallest absolute Gasteiger partial charge is 0.258 e. The minimum Gasteiger partial charge on any atom is -0.490 e. The van der Waals surface area contributed by atoms with Crippen molar-refractivity contribution in [3.63, 3.8) is 0 Å². The lowest BCUT2D eigenvalue weighted by Crippen LogP contribution is -2.32. The summed E-state index contributed by atoms with van der Waals surface area (Å²) in [5.41, 5.74) is 4.32. The zero-order chi connectivity index (χ0) is 23.4. The first-order chi connectivity index (χ1) is 16.0. The molecule has 0 saturated carbocycles. The van der Waals surface area contributed by atoms with Gasteiger partial charge < -0.3 is 19.5 Å². The first kappa shape index (κ1) is 22.9. The van der Waals surface area contributed by atoms with Crippen molar-refractivity contribution >= 4 is 0 Å². The molecule has 0 spiro atoms. The molecule has 0 saturated heterocycles. The van der Waals surface area contributed by atoms with Crippen LogP contribution in [-0.2, 0) is 6.42 Å². The third kappa shape index (κ3) is 4.76. The summed E-state index contributed by atoms with van der Waals surface area (Å²) in [5, 5.41) is 32.6. The van der Waals surface area contributed by atoms with E-state index in [2.05, 4.69) is 27.2 Å². The number of benzene rings is 2. The van der Waals surface area contributed by atoms with Crippen molar-refractivity contribution < 1.29 is 19.5 Å². The van der Waals surface area contributed by atoms with Crippen LogP contribution in [0.15, 0.2) is 40.9 Å². The maximum Gasteiger partial charge on any atom is 0.258 e. The van der Waals surface area contributed by atoms with Crippen LogP contribution in [0.4, 0.5) is 0 Å². The molecular formula is C25H28N4O4. The van der Waals surface area contributed by atoms with Gasteiger partial charge in [-0.15, -0.1) is 0 Å². The lowest BCUT2D eigenvalue weighted by molar-refractivity contribution is 0.121. The fourth-order valence-corrected chi connectivity index (χ4v) is 4.46. The van der Waals surface area contributed by atoms with E-state index in [0.29, 0.717) is 41.7 Å². The van der Waals surface area contributed by atoms with Crippen molar-refractivity contribution in [3.8, 4) is 34.7 Å². The molecule has 172 valence electrons. The summed E-state index contributed by atoms with van der Waals surface area (Å²) in [6.07, 6.45) is 1.72. The minimum absolute atomic E-state index is 0.0346. The molecule has 1 atom stereocenters. The molecule has 0 unspecified atom stereocenters. The van der Waals surface area contributed by atoms with Crippen LogP contribution in [0.5, 0.6) is 5.75 Å². The average molecular weight is 449 g/mol. The van der Waals surface area contributed by atoms with Crippen LogP contribution in [0.1, 0.15) is 43.0 Å². The van der Waals surface area contributed by atoms with Gasteiger partial charge in [0, 0.05) is 30.3 Å². The molecular weight excluding hydrogens is 420 g/mol. The van der Waals surface area contributed by atoms with Gasteiger partial charge in [0.1, 0.15) is 11.8 Å². The van der Waals surface area contributed by atoms with E-state index in [9.17, 15) is 15.5 Å². The van der Waals surface area contributed by atoms with Gasteiger partial charge in [-0.25, -0.2) is 0 Å². The Kier molecular flexibility index (Phi) is 7.04. The quantitative estimate of drug-likeness (QED) is 0.512. The molecule has 3 aromatic rings. The summed E-state index contributed by atoms with van der Waals surface area (Å²) in [7, 11) is 0. The Bertz CT molecular complexity index is 1150. The predicted octanol–water partition coefficient (Wildman–Crippen LogP) is 3.34. The molecule has 1 aliphatic carbocycles. The van der Waals surface area contributed by atoms with Crippen LogP contribution in [0, 0.1) is 11.3 Å². The second-order valence-corrected chi connectivity index (χ2v) is 8.32. The average Bonchev–Trinajstić information content (AvgIpc) is 3.46. The number of rotatable bonds is 9. The van der Waals surface area contributed by atoms with E-state index in [1.165, 1.54) is 5.56 Å². The Morgan fingerprint density at radius 1 is 1.21 bits per heavy atom. The molecule has 2 aromatic carbocycles. The number of ether oxygens (including phenoxy) is 1. The molecule has 1 aromatic heterocycles. The number of aliphatic hydroxyl groups is 2. The van der Waals surface area contributed by atoms with E-state index in [4.69, 9.17) is 9.26 Å². The number of aliphatic hydroxyl groups excluding tert-OH is 2. The van der Waals surface area contributed by atoms with Crippen molar-refractivity contribution in [2.75, 3.05) is 26.3 Å². The monoisotopic (exact) mass is 448 g/mol. The topological polar surface area (TPSA) is 116 Å². The molecule has 1 heterocycles. The molecule has 4 rings (SSSR count). The second kappa shape index (κ2) is 10.1. The van der Waals surface area contributed by atoms with E-state index < -0.39 is 0 Å². The number of nitrogens with zero attached hydrogens (tertiary/aromatic N) is 4. The van der Waals surface area contributed by atoms with E-state index in [1.54, 1.807) is 12.1 Å². The van der Waals surface area contributed by atoms with E-state index >= 15 is 0 Å². The third-order valence-corrected chi connectivity index (χ3v) is 5.83. The molecule has 0 amide bonds. The van der Waals surface area contributed by atoms with E-state index in [-0.39, 0.29) is 25.4 Å². The maximum absolute atomic E-state index is 9.51. The fourth-order valence-electron chi connectivity index (χ4n) is 4.46. The van der Waals surface area contributed by atoms with Crippen LogP contribution in [0.3, 0.4) is 0 Å². The molecule has 1 aliphatic rings. The van der Waals surface area contributed by atoms with Gasteiger partial charge in [-0.1, -0.05) is 23.4 Å². The zero-order valence-electron chi connectivity index (χ0n) is 18.9. The molecule has 0 aliphatic heterocycles. The Hall–Kier alpha value is -3.25. The zero-order valence-corrected chi connectivity index (χ0v) is 18.9. The number of hydrogen-bond donors (Lipinski definition) is 2. The third-order valence-electron chi connectivity index (χ3n) is 5.83. The summed E-state index contributed by atoms with van der Waals surface area (Å²) in [6.45, 7) is 4.94. The molecule has 0 radical (unpaired) electrons. The first-order valence-corrected chi connectivity index (χ1v) is 11.2. The molecule has 8 heteroatoms. The lowest BCUT2D eigenvalue weighted by atomic mass is 10.0. The molecule has 2 N–H and O–H groups in total. The van der Waals surface area contributed by atoms with Crippen LogP contribution in [-0.4, -0.2) is 57.7 Å². The number of fused-ring (bicyclic) bond motifs is 1. The van der Waals surface area contributed by atoms with Crippen molar-refractivity contribution in [3.05, 3.63) is 53.1 Å². The highest BCUT2D eigenvalue weighted by Crippen LogP contribution is 2.40. The summed E-state index contributed by atoms with van der Waals surface area (Å²) < 4.78 is 11.2. The van der Waals surface area contributed by atoms with Crippen molar-refractivity contribution in [1.82, 2.24) is 15.0 Å². The van der Waals surface area contributed by atoms with Gasteiger partial charge in [-0.3, -0.25) is 4.90 Å². The van der Waals surface area contributed by atoms with Gasteiger partial charge in [0.15, 0.2) is 0 Å². The number of hydrogen-bond acceptors (Lipinski definition) is 8.